The van der Waals surface area contributed by atoms with Gasteiger partial charge >= 0.3 is 0 Å². The van der Waals surface area contributed by atoms with Crippen LogP contribution in [0.2, 0.25) is 0 Å². The molecule has 0 saturated heterocycles. The van der Waals surface area contributed by atoms with Crippen molar-refractivity contribution in [2.24, 2.45) is 0 Å². The lowest BCUT2D eigenvalue weighted by atomic mass is 10.2. The van der Waals surface area contributed by atoms with Crippen molar-refractivity contribution in [3.63, 3.8) is 0 Å². The maximum atomic E-state index is 5.67. The summed E-state index contributed by atoms with van der Waals surface area (Å²) in [5, 5.41) is 0. The lowest BCUT2D eigenvalue weighted by molar-refractivity contribution is 0.0612. The Morgan fingerprint density at radius 1 is 0.640 bits per heavy atom. The minimum Gasteiger partial charge on any atom is -0.379 e. The van der Waals surface area contributed by atoms with Crippen LogP contribution in [-0.2, 0) is 4.74 Å². The van der Waals surface area contributed by atoms with Gasteiger partial charge in [-0.15, -0.1) is 0 Å². The number of ether oxygens (including phenoxy) is 1. The Morgan fingerprint density at radius 3 is 1.60 bits per heavy atom. The fraction of sp³-hybridized carbons (Fsp3) is 0.583. The van der Waals surface area contributed by atoms with Gasteiger partial charge in [0.15, 0.2) is 0 Å². The summed E-state index contributed by atoms with van der Waals surface area (Å²) < 4.78 is 5.67. The molecule has 0 N–H and O–H groups in total. The number of hydrogen-bond acceptors (Lipinski definition) is 1. The molecule has 25 heavy (non-hydrogen) atoms. The van der Waals surface area contributed by atoms with Gasteiger partial charge in [0, 0.05) is 6.61 Å². The molecule has 142 valence electrons. The van der Waals surface area contributed by atoms with Crippen molar-refractivity contribution in [3.05, 3.63) is 60.8 Å². The van der Waals surface area contributed by atoms with Crippen molar-refractivity contribution >= 4 is 0 Å². The summed E-state index contributed by atoms with van der Waals surface area (Å²) in [5.41, 5.74) is 0. The summed E-state index contributed by atoms with van der Waals surface area (Å²) in [7, 11) is 0. The Balaban J connectivity index is 3.42. The van der Waals surface area contributed by atoms with E-state index < -0.39 is 0 Å². The highest BCUT2D eigenvalue weighted by Gasteiger charge is 1.96. The van der Waals surface area contributed by atoms with Crippen LogP contribution in [0.4, 0.5) is 0 Å². The van der Waals surface area contributed by atoms with E-state index in [1.54, 1.807) is 0 Å². The van der Waals surface area contributed by atoms with E-state index in [0.717, 1.165) is 51.6 Å². The predicted molar refractivity (Wildman–Crippen MR) is 114 cm³/mol. The number of rotatable bonds is 16. The third kappa shape index (κ3) is 20.6. The molecule has 0 aromatic rings. The van der Waals surface area contributed by atoms with Gasteiger partial charge in [0.1, 0.15) is 0 Å². The molecule has 0 rings (SSSR count). The lowest BCUT2D eigenvalue weighted by Crippen LogP contribution is -2.07. The van der Waals surface area contributed by atoms with Crippen LogP contribution in [0.15, 0.2) is 60.8 Å². The SMILES string of the molecule is CC/C=C\C/C=C\C/C=C\C/C=C\C/C=C\CCCCOC(C)CC. The zero-order valence-electron chi connectivity index (χ0n) is 16.8. The maximum absolute atomic E-state index is 5.67. The van der Waals surface area contributed by atoms with Gasteiger partial charge < -0.3 is 4.74 Å². The first kappa shape index (κ1) is 23.7. The zero-order valence-corrected chi connectivity index (χ0v) is 16.8. The molecular formula is C24H40O. The van der Waals surface area contributed by atoms with E-state index in [9.17, 15) is 0 Å². The second-order valence-corrected chi connectivity index (χ2v) is 6.29. The van der Waals surface area contributed by atoms with Gasteiger partial charge in [-0.2, -0.15) is 0 Å². The minimum absolute atomic E-state index is 0.411. The molecule has 0 radical (unpaired) electrons. The van der Waals surface area contributed by atoms with Crippen molar-refractivity contribution in [3.8, 4) is 0 Å². The van der Waals surface area contributed by atoms with E-state index in [0.29, 0.717) is 6.10 Å². The van der Waals surface area contributed by atoms with Crippen LogP contribution >= 0.6 is 0 Å². The van der Waals surface area contributed by atoms with Crippen molar-refractivity contribution in [1.82, 2.24) is 0 Å². The molecule has 0 fully saturated rings. The van der Waals surface area contributed by atoms with E-state index in [4.69, 9.17) is 4.74 Å². The highest BCUT2D eigenvalue weighted by molar-refractivity contribution is 5.00. The summed E-state index contributed by atoms with van der Waals surface area (Å²) >= 11 is 0. The van der Waals surface area contributed by atoms with Crippen molar-refractivity contribution in [2.75, 3.05) is 6.61 Å². The molecule has 0 spiro atoms. The van der Waals surface area contributed by atoms with Gasteiger partial charge in [0.05, 0.1) is 6.10 Å². The summed E-state index contributed by atoms with van der Waals surface area (Å²) in [6.45, 7) is 7.38. The molecule has 0 bridgehead atoms. The Kier molecular flexibility index (Phi) is 19.6. The second kappa shape index (κ2) is 20.7. The Bertz CT molecular complexity index is 398. The summed E-state index contributed by atoms with van der Waals surface area (Å²) in [6.07, 6.45) is 32.8. The van der Waals surface area contributed by atoms with Crippen molar-refractivity contribution < 1.29 is 4.74 Å². The molecule has 0 saturated carbocycles. The average Bonchev–Trinajstić information content (AvgIpc) is 2.63. The van der Waals surface area contributed by atoms with Crippen LogP contribution in [-0.4, -0.2) is 12.7 Å². The molecule has 0 aromatic heterocycles. The first-order valence-corrected chi connectivity index (χ1v) is 10.2. The maximum Gasteiger partial charge on any atom is 0.0544 e. The van der Waals surface area contributed by atoms with E-state index in [2.05, 4.69) is 81.5 Å². The minimum atomic E-state index is 0.411. The van der Waals surface area contributed by atoms with Gasteiger partial charge in [0.25, 0.3) is 0 Å². The number of unbranched alkanes of at least 4 members (excludes halogenated alkanes) is 2. The molecule has 0 aromatic carbocycles. The first-order valence-electron chi connectivity index (χ1n) is 10.2. The Morgan fingerprint density at radius 2 is 1.12 bits per heavy atom. The third-order valence-electron chi connectivity index (χ3n) is 3.90. The van der Waals surface area contributed by atoms with Gasteiger partial charge in [-0.1, -0.05) is 74.6 Å². The Hall–Kier alpha value is -1.34. The molecule has 0 aliphatic heterocycles. The quantitative estimate of drug-likeness (QED) is 0.206. The van der Waals surface area contributed by atoms with Crippen molar-refractivity contribution in [1.29, 1.82) is 0 Å². The standard InChI is InChI=1S/C24H40O/c1-4-6-7-8-9-10-11-12-13-14-15-16-17-18-19-20-21-22-23-25-24(3)5-2/h6-7,9-10,12-13,15-16,18-19,24H,4-5,8,11,14,17,20-23H2,1-3H3/b7-6-,10-9-,13-12-,16-15-,19-18-. The number of hydrogen-bond donors (Lipinski definition) is 0. The normalized spacial score (nSPS) is 14.2. The average molecular weight is 345 g/mol. The smallest absolute Gasteiger partial charge is 0.0544 e. The number of allylic oxidation sites excluding steroid dienone is 10. The molecule has 0 amide bonds. The molecule has 0 aliphatic rings. The molecular weight excluding hydrogens is 304 g/mol. The summed E-state index contributed by atoms with van der Waals surface area (Å²) in [5.74, 6) is 0. The van der Waals surface area contributed by atoms with Gasteiger partial charge in [0.2, 0.25) is 0 Å². The van der Waals surface area contributed by atoms with E-state index in [1.807, 2.05) is 0 Å². The van der Waals surface area contributed by atoms with E-state index in [-0.39, 0.29) is 0 Å². The summed E-state index contributed by atoms with van der Waals surface area (Å²) in [6, 6.07) is 0. The highest BCUT2D eigenvalue weighted by atomic mass is 16.5. The van der Waals surface area contributed by atoms with Gasteiger partial charge in [-0.05, 0) is 64.7 Å². The van der Waals surface area contributed by atoms with Crippen LogP contribution in [0, 0.1) is 0 Å². The van der Waals surface area contributed by atoms with Gasteiger partial charge in [-0.25, -0.2) is 0 Å². The monoisotopic (exact) mass is 344 g/mol. The fourth-order valence-electron chi connectivity index (χ4n) is 2.14. The molecule has 1 nitrogen and oxygen atoms in total. The van der Waals surface area contributed by atoms with Gasteiger partial charge in [-0.3, -0.25) is 0 Å². The van der Waals surface area contributed by atoms with Crippen LogP contribution in [0.5, 0.6) is 0 Å². The van der Waals surface area contributed by atoms with Crippen LogP contribution in [0.3, 0.4) is 0 Å². The van der Waals surface area contributed by atoms with Crippen LogP contribution in [0.25, 0.3) is 0 Å². The topological polar surface area (TPSA) is 9.23 Å². The predicted octanol–water partition coefficient (Wildman–Crippen LogP) is 7.72. The molecule has 1 unspecified atom stereocenters. The van der Waals surface area contributed by atoms with E-state index in [1.165, 1.54) is 12.8 Å². The van der Waals surface area contributed by atoms with Crippen LogP contribution in [0.1, 0.15) is 78.6 Å². The zero-order chi connectivity index (χ0) is 18.4. The summed E-state index contributed by atoms with van der Waals surface area (Å²) in [4.78, 5) is 0. The third-order valence-corrected chi connectivity index (χ3v) is 3.90. The van der Waals surface area contributed by atoms with Crippen molar-refractivity contribution in [2.45, 2.75) is 84.7 Å². The molecule has 0 heterocycles. The first-order chi connectivity index (χ1) is 12.3. The Labute approximate surface area is 157 Å². The second-order valence-electron chi connectivity index (χ2n) is 6.29. The molecule has 1 heteroatoms. The highest BCUT2D eigenvalue weighted by Crippen LogP contribution is 2.02. The fourth-order valence-corrected chi connectivity index (χ4v) is 2.14. The molecule has 0 aliphatic carbocycles. The van der Waals surface area contributed by atoms with E-state index >= 15 is 0 Å². The lowest BCUT2D eigenvalue weighted by Gasteiger charge is -2.09. The van der Waals surface area contributed by atoms with Crippen LogP contribution < -0.4 is 0 Å². The largest absolute Gasteiger partial charge is 0.379 e. The molecule has 1 atom stereocenters.